The predicted octanol–water partition coefficient (Wildman–Crippen LogP) is 2.75. The van der Waals surface area contributed by atoms with Gasteiger partial charge in [-0.1, -0.05) is 12.1 Å². The molecule has 106 valence electrons. The smallest absolute Gasteiger partial charge is 0.128 e. The van der Waals surface area contributed by atoms with E-state index in [0.29, 0.717) is 18.5 Å². The Bertz CT molecular complexity index is 545. The van der Waals surface area contributed by atoms with E-state index in [1.807, 2.05) is 25.1 Å². The fraction of sp³-hybridized carbons (Fsp3) is 0.312. The standard InChI is InChI=1S/C16H19FN2O/c1-12(6-9-20)19-11-15-3-2-14(10-16(15)17)13-4-7-18-8-5-13/h2-5,7-8,10,12,19-20H,6,9,11H2,1H3. The van der Waals surface area contributed by atoms with Crippen LogP contribution in [0.15, 0.2) is 42.7 Å². The molecule has 0 fully saturated rings. The van der Waals surface area contributed by atoms with Crippen LogP contribution in [-0.2, 0) is 6.54 Å². The molecule has 4 heteroatoms. The summed E-state index contributed by atoms with van der Waals surface area (Å²) in [7, 11) is 0. The lowest BCUT2D eigenvalue weighted by molar-refractivity contribution is 0.268. The van der Waals surface area contributed by atoms with Gasteiger partial charge in [0.2, 0.25) is 0 Å². The molecule has 3 nitrogen and oxygen atoms in total. The molecule has 0 amide bonds. The van der Waals surface area contributed by atoms with Crippen LogP contribution in [0.2, 0.25) is 0 Å². The number of nitrogens with one attached hydrogen (secondary N) is 1. The average molecular weight is 274 g/mol. The topological polar surface area (TPSA) is 45.1 Å². The van der Waals surface area contributed by atoms with E-state index in [4.69, 9.17) is 5.11 Å². The Balaban J connectivity index is 2.07. The van der Waals surface area contributed by atoms with Crippen molar-refractivity contribution in [1.82, 2.24) is 10.3 Å². The SMILES string of the molecule is CC(CCO)NCc1ccc(-c2ccncc2)cc1F. The monoisotopic (exact) mass is 274 g/mol. The van der Waals surface area contributed by atoms with Crippen LogP contribution in [0.1, 0.15) is 18.9 Å². The lowest BCUT2D eigenvalue weighted by Crippen LogP contribution is -2.26. The molecular weight excluding hydrogens is 255 g/mol. The molecule has 0 aliphatic rings. The van der Waals surface area contributed by atoms with Crippen molar-refractivity contribution in [3.05, 3.63) is 54.1 Å². The second-order valence-electron chi connectivity index (χ2n) is 4.84. The normalized spacial score (nSPS) is 12.3. The number of hydrogen-bond donors (Lipinski definition) is 2. The highest BCUT2D eigenvalue weighted by molar-refractivity contribution is 5.63. The maximum atomic E-state index is 14.1. The summed E-state index contributed by atoms with van der Waals surface area (Å²) in [6, 6.07) is 9.13. The summed E-state index contributed by atoms with van der Waals surface area (Å²) >= 11 is 0. The number of pyridine rings is 1. The van der Waals surface area contributed by atoms with E-state index in [1.165, 1.54) is 0 Å². The van der Waals surface area contributed by atoms with E-state index >= 15 is 0 Å². The Kier molecular flexibility index (Phi) is 5.21. The zero-order valence-electron chi connectivity index (χ0n) is 11.5. The molecule has 2 rings (SSSR count). The molecule has 0 aliphatic heterocycles. The number of aliphatic hydroxyl groups is 1. The van der Waals surface area contributed by atoms with E-state index in [1.54, 1.807) is 24.5 Å². The van der Waals surface area contributed by atoms with Gasteiger partial charge >= 0.3 is 0 Å². The second kappa shape index (κ2) is 7.12. The summed E-state index contributed by atoms with van der Waals surface area (Å²) in [6.07, 6.45) is 4.05. The highest BCUT2D eigenvalue weighted by Gasteiger charge is 2.07. The van der Waals surface area contributed by atoms with Crippen molar-refractivity contribution >= 4 is 0 Å². The molecule has 0 saturated carbocycles. The lowest BCUT2D eigenvalue weighted by atomic mass is 10.0. The third-order valence-electron chi connectivity index (χ3n) is 3.27. The van der Waals surface area contributed by atoms with Crippen molar-refractivity contribution in [2.75, 3.05) is 6.61 Å². The van der Waals surface area contributed by atoms with Crippen molar-refractivity contribution in [2.24, 2.45) is 0 Å². The number of benzene rings is 1. The van der Waals surface area contributed by atoms with Crippen LogP contribution in [0, 0.1) is 5.82 Å². The summed E-state index contributed by atoms with van der Waals surface area (Å²) < 4.78 is 14.1. The first-order valence-electron chi connectivity index (χ1n) is 6.74. The maximum absolute atomic E-state index is 14.1. The molecule has 1 unspecified atom stereocenters. The Labute approximate surface area is 118 Å². The molecule has 1 heterocycles. The van der Waals surface area contributed by atoms with E-state index in [2.05, 4.69) is 10.3 Å². The molecule has 2 aromatic rings. The van der Waals surface area contributed by atoms with Crippen molar-refractivity contribution in [3.8, 4) is 11.1 Å². The molecular formula is C16H19FN2O. The van der Waals surface area contributed by atoms with Crippen LogP contribution in [0.5, 0.6) is 0 Å². The number of hydrogen-bond acceptors (Lipinski definition) is 3. The summed E-state index contributed by atoms with van der Waals surface area (Å²) in [5, 5.41) is 12.0. The van der Waals surface area contributed by atoms with Crippen molar-refractivity contribution in [1.29, 1.82) is 0 Å². The summed E-state index contributed by atoms with van der Waals surface area (Å²) in [6.45, 7) is 2.57. The van der Waals surface area contributed by atoms with Gasteiger partial charge in [0.15, 0.2) is 0 Å². The van der Waals surface area contributed by atoms with E-state index < -0.39 is 0 Å². The van der Waals surface area contributed by atoms with E-state index in [0.717, 1.165) is 11.1 Å². The number of rotatable bonds is 6. The highest BCUT2D eigenvalue weighted by Crippen LogP contribution is 2.21. The van der Waals surface area contributed by atoms with Crippen molar-refractivity contribution in [3.63, 3.8) is 0 Å². The molecule has 1 aromatic heterocycles. The van der Waals surface area contributed by atoms with Gasteiger partial charge in [-0.05, 0) is 42.7 Å². The molecule has 0 saturated heterocycles. The maximum Gasteiger partial charge on any atom is 0.128 e. The van der Waals surface area contributed by atoms with Gasteiger partial charge < -0.3 is 10.4 Å². The van der Waals surface area contributed by atoms with Crippen LogP contribution in [0.25, 0.3) is 11.1 Å². The number of aromatic nitrogens is 1. The van der Waals surface area contributed by atoms with Crippen molar-refractivity contribution < 1.29 is 9.50 Å². The van der Waals surface area contributed by atoms with Crippen LogP contribution >= 0.6 is 0 Å². The Morgan fingerprint density at radius 2 is 1.95 bits per heavy atom. The molecule has 0 radical (unpaired) electrons. The minimum atomic E-state index is -0.219. The minimum absolute atomic E-state index is 0.137. The van der Waals surface area contributed by atoms with Gasteiger partial charge in [0, 0.05) is 37.2 Å². The second-order valence-corrected chi connectivity index (χ2v) is 4.84. The summed E-state index contributed by atoms with van der Waals surface area (Å²) in [5.74, 6) is -0.219. The number of nitrogens with zero attached hydrogens (tertiary/aromatic N) is 1. The van der Waals surface area contributed by atoms with E-state index in [-0.39, 0.29) is 18.5 Å². The van der Waals surface area contributed by atoms with E-state index in [9.17, 15) is 4.39 Å². The number of aliphatic hydroxyl groups excluding tert-OH is 1. The summed E-state index contributed by atoms with van der Waals surface area (Å²) in [4.78, 5) is 3.95. The van der Waals surface area contributed by atoms with Gasteiger partial charge in [0.05, 0.1) is 0 Å². The zero-order valence-corrected chi connectivity index (χ0v) is 11.5. The quantitative estimate of drug-likeness (QED) is 0.851. The molecule has 0 aliphatic carbocycles. The first-order chi connectivity index (χ1) is 9.70. The Morgan fingerprint density at radius 3 is 2.60 bits per heavy atom. The zero-order chi connectivity index (χ0) is 14.4. The molecule has 1 aromatic carbocycles. The van der Waals surface area contributed by atoms with Crippen LogP contribution < -0.4 is 5.32 Å². The van der Waals surface area contributed by atoms with Gasteiger partial charge in [-0.3, -0.25) is 4.98 Å². The molecule has 2 N–H and O–H groups in total. The predicted molar refractivity (Wildman–Crippen MR) is 77.6 cm³/mol. The minimum Gasteiger partial charge on any atom is -0.396 e. The molecule has 0 spiro atoms. The fourth-order valence-electron chi connectivity index (χ4n) is 1.99. The van der Waals surface area contributed by atoms with Gasteiger partial charge in [-0.2, -0.15) is 0 Å². The third-order valence-corrected chi connectivity index (χ3v) is 3.27. The summed E-state index contributed by atoms with van der Waals surface area (Å²) in [5.41, 5.74) is 2.43. The van der Waals surface area contributed by atoms with Gasteiger partial charge in [0.25, 0.3) is 0 Å². The largest absolute Gasteiger partial charge is 0.396 e. The lowest BCUT2D eigenvalue weighted by Gasteiger charge is -2.13. The average Bonchev–Trinajstić information content (AvgIpc) is 2.47. The number of halogens is 1. The van der Waals surface area contributed by atoms with Gasteiger partial charge in [0.1, 0.15) is 5.82 Å². The van der Waals surface area contributed by atoms with Gasteiger partial charge in [-0.15, -0.1) is 0 Å². The first kappa shape index (κ1) is 14.6. The van der Waals surface area contributed by atoms with Crippen LogP contribution in [-0.4, -0.2) is 22.7 Å². The van der Waals surface area contributed by atoms with Crippen molar-refractivity contribution in [2.45, 2.75) is 25.9 Å². The Hall–Kier alpha value is -1.78. The van der Waals surface area contributed by atoms with Crippen LogP contribution in [0.3, 0.4) is 0 Å². The third kappa shape index (κ3) is 3.85. The molecule has 1 atom stereocenters. The Morgan fingerprint density at radius 1 is 1.20 bits per heavy atom. The van der Waals surface area contributed by atoms with Gasteiger partial charge in [-0.25, -0.2) is 4.39 Å². The van der Waals surface area contributed by atoms with Crippen LogP contribution in [0.4, 0.5) is 4.39 Å². The molecule has 20 heavy (non-hydrogen) atoms. The first-order valence-corrected chi connectivity index (χ1v) is 6.74. The highest BCUT2D eigenvalue weighted by atomic mass is 19.1. The fourth-order valence-corrected chi connectivity index (χ4v) is 1.99. The molecule has 0 bridgehead atoms.